The van der Waals surface area contributed by atoms with Gasteiger partial charge in [0, 0.05) is 6.07 Å². The van der Waals surface area contributed by atoms with Crippen LogP contribution in [0, 0.1) is 17.0 Å². The van der Waals surface area contributed by atoms with Gasteiger partial charge in [-0.1, -0.05) is 32.4 Å². The van der Waals surface area contributed by atoms with Crippen molar-refractivity contribution in [2.45, 2.75) is 27.2 Å². The van der Waals surface area contributed by atoms with Crippen molar-refractivity contribution in [2.75, 3.05) is 0 Å². The van der Waals surface area contributed by atoms with Gasteiger partial charge in [0.15, 0.2) is 0 Å². The average molecular weight is 208 g/mol. The summed E-state index contributed by atoms with van der Waals surface area (Å²) >= 11 is 0. The number of rotatable bonds is 0. The standard InChI is InChI=1S/C13H14F2/c1-13(2,3)9-4-8-5-10(14)7-12(15)11(8)6-9/h4-5,7H,6H2,1-3H3. The van der Waals surface area contributed by atoms with Crippen LogP contribution in [0.4, 0.5) is 8.78 Å². The fourth-order valence-electron chi connectivity index (χ4n) is 1.85. The van der Waals surface area contributed by atoms with Crippen LogP contribution in [-0.4, -0.2) is 0 Å². The third-order valence-electron chi connectivity index (χ3n) is 2.86. The third-order valence-corrected chi connectivity index (χ3v) is 2.86. The molecular formula is C13H14F2. The van der Waals surface area contributed by atoms with E-state index in [1.807, 2.05) is 6.08 Å². The van der Waals surface area contributed by atoms with E-state index in [2.05, 4.69) is 20.8 Å². The van der Waals surface area contributed by atoms with Crippen molar-refractivity contribution in [1.29, 1.82) is 0 Å². The fourth-order valence-corrected chi connectivity index (χ4v) is 1.85. The molecule has 0 aromatic heterocycles. The molecule has 0 N–H and O–H groups in total. The molecule has 0 amide bonds. The molecule has 2 heteroatoms. The Kier molecular flexibility index (Phi) is 2.18. The van der Waals surface area contributed by atoms with Crippen molar-refractivity contribution in [3.63, 3.8) is 0 Å². The lowest BCUT2D eigenvalue weighted by Crippen LogP contribution is -2.09. The predicted octanol–water partition coefficient (Wildman–Crippen LogP) is 3.95. The van der Waals surface area contributed by atoms with Crippen molar-refractivity contribution in [1.82, 2.24) is 0 Å². The van der Waals surface area contributed by atoms with Crippen LogP contribution in [0.3, 0.4) is 0 Å². The molecule has 0 bridgehead atoms. The van der Waals surface area contributed by atoms with Gasteiger partial charge < -0.3 is 0 Å². The Balaban J connectivity index is 2.47. The molecule has 0 radical (unpaired) electrons. The monoisotopic (exact) mass is 208 g/mol. The van der Waals surface area contributed by atoms with Crippen LogP contribution in [0.25, 0.3) is 6.08 Å². The molecule has 0 heterocycles. The van der Waals surface area contributed by atoms with Gasteiger partial charge in [-0.15, -0.1) is 0 Å². The first-order valence-corrected chi connectivity index (χ1v) is 5.07. The van der Waals surface area contributed by atoms with Gasteiger partial charge in [0.1, 0.15) is 11.6 Å². The molecule has 0 unspecified atom stereocenters. The minimum Gasteiger partial charge on any atom is -0.207 e. The van der Waals surface area contributed by atoms with Crippen LogP contribution in [0.5, 0.6) is 0 Å². The second-order valence-corrected chi connectivity index (χ2v) is 5.05. The molecule has 0 saturated heterocycles. The molecule has 0 aliphatic heterocycles. The van der Waals surface area contributed by atoms with Crippen LogP contribution in [0.1, 0.15) is 31.9 Å². The highest BCUT2D eigenvalue weighted by Crippen LogP contribution is 2.37. The first-order valence-electron chi connectivity index (χ1n) is 5.07. The van der Waals surface area contributed by atoms with Crippen molar-refractivity contribution >= 4 is 6.08 Å². The topological polar surface area (TPSA) is 0 Å². The second-order valence-electron chi connectivity index (χ2n) is 5.05. The highest BCUT2D eigenvalue weighted by atomic mass is 19.1. The Morgan fingerprint density at radius 1 is 1.13 bits per heavy atom. The van der Waals surface area contributed by atoms with Gasteiger partial charge in [-0.3, -0.25) is 0 Å². The van der Waals surface area contributed by atoms with Crippen LogP contribution >= 0.6 is 0 Å². The summed E-state index contributed by atoms with van der Waals surface area (Å²) < 4.78 is 26.4. The van der Waals surface area contributed by atoms with E-state index in [1.54, 1.807) is 0 Å². The molecule has 1 aliphatic rings. The number of hydrogen-bond donors (Lipinski definition) is 0. The van der Waals surface area contributed by atoms with Crippen molar-refractivity contribution in [3.05, 3.63) is 40.5 Å². The van der Waals surface area contributed by atoms with Gasteiger partial charge in [0.2, 0.25) is 0 Å². The fraction of sp³-hybridized carbons (Fsp3) is 0.385. The van der Waals surface area contributed by atoms with Gasteiger partial charge in [0.25, 0.3) is 0 Å². The summed E-state index contributed by atoms with van der Waals surface area (Å²) in [6.45, 7) is 6.25. The van der Waals surface area contributed by atoms with Gasteiger partial charge >= 0.3 is 0 Å². The smallest absolute Gasteiger partial charge is 0.130 e. The quantitative estimate of drug-likeness (QED) is 0.605. The lowest BCUT2D eigenvalue weighted by atomic mass is 9.85. The minimum atomic E-state index is -0.502. The van der Waals surface area contributed by atoms with Gasteiger partial charge in [-0.2, -0.15) is 0 Å². The van der Waals surface area contributed by atoms with E-state index in [0.29, 0.717) is 17.5 Å². The predicted molar refractivity (Wildman–Crippen MR) is 57.5 cm³/mol. The Labute approximate surface area is 88.6 Å². The Bertz CT molecular complexity index is 437. The molecule has 80 valence electrons. The highest BCUT2D eigenvalue weighted by Gasteiger charge is 2.25. The van der Waals surface area contributed by atoms with E-state index in [4.69, 9.17) is 0 Å². The lowest BCUT2D eigenvalue weighted by Gasteiger charge is -2.20. The Morgan fingerprint density at radius 2 is 1.80 bits per heavy atom. The van der Waals surface area contributed by atoms with Gasteiger partial charge in [-0.05, 0) is 29.0 Å². The maximum Gasteiger partial charge on any atom is 0.130 e. The van der Waals surface area contributed by atoms with Crippen LogP contribution in [0.15, 0.2) is 17.7 Å². The largest absolute Gasteiger partial charge is 0.207 e. The van der Waals surface area contributed by atoms with Crippen LogP contribution in [-0.2, 0) is 6.42 Å². The molecule has 0 saturated carbocycles. The van der Waals surface area contributed by atoms with E-state index in [1.165, 1.54) is 6.07 Å². The van der Waals surface area contributed by atoms with Crippen LogP contribution < -0.4 is 0 Å². The minimum absolute atomic E-state index is 0.0158. The number of benzene rings is 1. The van der Waals surface area contributed by atoms with E-state index in [-0.39, 0.29) is 5.41 Å². The maximum atomic E-state index is 13.4. The van der Waals surface area contributed by atoms with Crippen molar-refractivity contribution in [2.24, 2.45) is 5.41 Å². The average Bonchev–Trinajstić information content (AvgIpc) is 2.46. The molecule has 0 spiro atoms. The summed E-state index contributed by atoms with van der Waals surface area (Å²) in [5.74, 6) is -0.932. The Morgan fingerprint density at radius 3 is 2.40 bits per heavy atom. The molecule has 1 aromatic rings. The van der Waals surface area contributed by atoms with Crippen LogP contribution in [0.2, 0.25) is 0 Å². The number of fused-ring (bicyclic) bond motifs is 1. The van der Waals surface area contributed by atoms with Gasteiger partial charge in [-0.25, -0.2) is 8.78 Å². The van der Waals surface area contributed by atoms with Crippen molar-refractivity contribution in [3.8, 4) is 0 Å². The lowest BCUT2D eigenvalue weighted by molar-refractivity contribution is 0.495. The van der Waals surface area contributed by atoms with E-state index >= 15 is 0 Å². The zero-order valence-corrected chi connectivity index (χ0v) is 9.20. The van der Waals surface area contributed by atoms with Gasteiger partial charge in [0.05, 0.1) is 0 Å². The van der Waals surface area contributed by atoms with E-state index in [9.17, 15) is 8.78 Å². The van der Waals surface area contributed by atoms with E-state index < -0.39 is 11.6 Å². The zero-order chi connectivity index (χ0) is 11.2. The molecule has 15 heavy (non-hydrogen) atoms. The molecule has 0 atom stereocenters. The summed E-state index contributed by atoms with van der Waals surface area (Å²) in [5.41, 5.74) is 2.49. The number of hydrogen-bond acceptors (Lipinski definition) is 0. The summed E-state index contributed by atoms with van der Waals surface area (Å²) in [7, 11) is 0. The molecule has 1 aliphatic carbocycles. The zero-order valence-electron chi connectivity index (χ0n) is 9.20. The number of halogens is 2. The SMILES string of the molecule is CC(C)(C)C1=Cc2cc(F)cc(F)c2C1. The molecular weight excluding hydrogens is 194 g/mol. The summed E-state index contributed by atoms with van der Waals surface area (Å²) in [6, 6.07) is 2.36. The summed E-state index contributed by atoms with van der Waals surface area (Å²) in [4.78, 5) is 0. The molecule has 2 rings (SSSR count). The first-order chi connectivity index (χ1) is 6.88. The summed E-state index contributed by atoms with van der Waals surface area (Å²) in [5, 5.41) is 0. The summed E-state index contributed by atoms with van der Waals surface area (Å²) in [6.07, 6.45) is 2.51. The first kappa shape index (κ1) is 10.3. The maximum absolute atomic E-state index is 13.4. The molecule has 1 aromatic carbocycles. The molecule has 0 nitrogen and oxygen atoms in total. The third kappa shape index (κ3) is 1.81. The Hall–Kier alpha value is -1.18. The molecule has 0 fully saturated rings. The van der Waals surface area contributed by atoms with E-state index in [0.717, 1.165) is 11.6 Å². The highest BCUT2D eigenvalue weighted by molar-refractivity contribution is 5.65. The number of allylic oxidation sites excluding steroid dienone is 1. The normalized spacial score (nSPS) is 15.1. The van der Waals surface area contributed by atoms with Crippen molar-refractivity contribution < 1.29 is 8.78 Å². The second kappa shape index (κ2) is 3.16.